The van der Waals surface area contributed by atoms with Crippen LogP contribution < -0.4 is 5.56 Å². The van der Waals surface area contributed by atoms with Crippen LogP contribution in [-0.4, -0.2) is 30.1 Å². The number of nitrogens with one attached hydrogen (secondary N) is 1. The van der Waals surface area contributed by atoms with Gasteiger partial charge in [0.25, 0.3) is 11.2 Å². The lowest BCUT2D eigenvalue weighted by Crippen LogP contribution is -2.18. The summed E-state index contributed by atoms with van der Waals surface area (Å²) < 4.78 is 15.5. The third-order valence-corrected chi connectivity index (χ3v) is 4.54. The molecule has 2 heterocycles. The minimum Gasteiger partial charge on any atom is -0.465 e. The molecule has 3 rings (SSSR count). The first-order valence-corrected chi connectivity index (χ1v) is 9.19. The van der Waals surface area contributed by atoms with E-state index in [1.165, 1.54) is 26.4 Å². The third kappa shape index (κ3) is 4.33. The summed E-state index contributed by atoms with van der Waals surface area (Å²) in [6.45, 7) is -0.279. The zero-order chi connectivity index (χ0) is 23.3. The molecule has 0 unspecified atom stereocenters. The molecule has 10 heteroatoms. The van der Waals surface area contributed by atoms with Crippen molar-refractivity contribution in [2.45, 2.75) is 6.61 Å². The van der Waals surface area contributed by atoms with Crippen LogP contribution in [0, 0.1) is 21.4 Å². The number of esters is 1. The van der Waals surface area contributed by atoms with Gasteiger partial charge in [0.1, 0.15) is 28.8 Å². The van der Waals surface area contributed by atoms with Crippen molar-refractivity contribution in [1.29, 1.82) is 5.26 Å². The van der Waals surface area contributed by atoms with Gasteiger partial charge >= 0.3 is 5.97 Å². The van der Waals surface area contributed by atoms with Gasteiger partial charge in [-0.3, -0.25) is 14.9 Å². The lowest BCUT2D eigenvalue weighted by molar-refractivity contribution is -0.386. The molecule has 0 spiro atoms. The molecule has 0 aliphatic rings. The number of pyridine rings is 1. The molecule has 0 fully saturated rings. The molecular weight excluding hydrogens is 418 g/mol. The number of carbonyl (C=O) groups is 1. The van der Waals surface area contributed by atoms with E-state index in [4.69, 9.17) is 13.9 Å². The maximum atomic E-state index is 12.2. The molecule has 0 bridgehead atoms. The quantitative estimate of drug-likeness (QED) is 0.337. The van der Waals surface area contributed by atoms with Gasteiger partial charge in [-0.15, -0.1) is 0 Å². The van der Waals surface area contributed by atoms with Gasteiger partial charge in [0, 0.05) is 12.7 Å². The lowest BCUT2D eigenvalue weighted by Gasteiger charge is -2.06. The number of hydrogen-bond acceptors (Lipinski definition) is 8. The van der Waals surface area contributed by atoms with Gasteiger partial charge in [0.05, 0.1) is 29.8 Å². The highest BCUT2D eigenvalue weighted by atomic mass is 16.6. The summed E-state index contributed by atoms with van der Waals surface area (Å²) in [6, 6.07) is 11.6. The number of furan rings is 1. The molecule has 3 aromatic rings. The SMILES string of the molecule is COCc1c([N+](=O)[O-])c(C=Cc2ccc(-c3ccccc3C(=O)OC)o2)[nH]c(=O)c1C#N. The van der Waals surface area contributed by atoms with E-state index in [1.807, 2.05) is 0 Å². The highest BCUT2D eigenvalue weighted by Crippen LogP contribution is 2.29. The Labute approximate surface area is 181 Å². The van der Waals surface area contributed by atoms with Crippen LogP contribution in [0.5, 0.6) is 0 Å². The van der Waals surface area contributed by atoms with Crippen LogP contribution in [0.2, 0.25) is 0 Å². The largest absolute Gasteiger partial charge is 0.465 e. The predicted molar refractivity (Wildman–Crippen MR) is 114 cm³/mol. The molecule has 0 aliphatic carbocycles. The van der Waals surface area contributed by atoms with E-state index in [0.717, 1.165) is 0 Å². The average Bonchev–Trinajstić information content (AvgIpc) is 3.26. The molecule has 162 valence electrons. The molecule has 10 nitrogen and oxygen atoms in total. The van der Waals surface area contributed by atoms with E-state index < -0.39 is 22.1 Å². The number of ether oxygens (including phenoxy) is 2. The number of rotatable bonds is 7. The van der Waals surface area contributed by atoms with E-state index >= 15 is 0 Å². The summed E-state index contributed by atoms with van der Waals surface area (Å²) in [5, 5.41) is 20.9. The van der Waals surface area contributed by atoms with E-state index in [-0.39, 0.29) is 23.4 Å². The summed E-state index contributed by atoms with van der Waals surface area (Å²) >= 11 is 0. The van der Waals surface area contributed by atoms with E-state index in [1.54, 1.807) is 42.5 Å². The average molecular weight is 435 g/mol. The van der Waals surface area contributed by atoms with Crippen molar-refractivity contribution in [2.75, 3.05) is 14.2 Å². The summed E-state index contributed by atoms with van der Waals surface area (Å²) in [7, 11) is 2.58. The van der Waals surface area contributed by atoms with Crippen molar-refractivity contribution in [3.8, 4) is 17.4 Å². The zero-order valence-corrected chi connectivity index (χ0v) is 17.1. The molecule has 1 N–H and O–H groups in total. The second-order valence-corrected chi connectivity index (χ2v) is 6.44. The van der Waals surface area contributed by atoms with Crippen molar-refractivity contribution in [1.82, 2.24) is 4.98 Å². The number of benzene rings is 1. The molecule has 0 atom stereocenters. The van der Waals surface area contributed by atoms with E-state index in [0.29, 0.717) is 22.6 Å². The van der Waals surface area contributed by atoms with Crippen LogP contribution >= 0.6 is 0 Å². The normalized spacial score (nSPS) is 10.8. The predicted octanol–water partition coefficient (Wildman–Crippen LogP) is 3.52. The highest BCUT2D eigenvalue weighted by molar-refractivity contribution is 5.96. The number of nitro groups is 1. The van der Waals surface area contributed by atoms with E-state index in [2.05, 4.69) is 4.98 Å². The van der Waals surface area contributed by atoms with E-state index in [9.17, 15) is 25.0 Å². The van der Waals surface area contributed by atoms with Crippen LogP contribution in [0.3, 0.4) is 0 Å². The van der Waals surface area contributed by atoms with Gasteiger partial charge in [-0.05, 0) is 30.4 Å². The topological polar surface area (TPSA) is 148 Å². The molecule has 0 saturated heterocycles. The fourth-order valence-corrected chi connectivity index (χ4v) is 3.13. The Balaban J connectivity index is 2.03. The monoisotopic (exact) mass is 435 g/mol. The first-order chi connectivity index (χ1) is 15.4. The second kappa shape index (κ2) is 9.55. The summed E-state index contributed by atoms with van der Waals surface area (Å²) in [5.74, 6) is 0.173. The Morgan fingerprint density at radius 3 is 2.66 bits per heavy atom. The molecule has 0 amide bonds. The van der Waals surface area contributed by atoms with Gasteiger partial charge in [-0.25, -0.2) is 4.79 Å². The third-order valence-electron chi connectivity index (χ3n) is 4.54. The maximum absolute atomic E-state index is 12.2. The minimum absolute atomic E-state index is 0.112. The molecule has 0 aliphatic heterocycles. The van der Waals surface area contributed by atoms with Gasteiger partial charge in [-0.1, -0.05) is 18.2 Å². The van der Waals surface area contributed by atoms with Crippen molar-refractivity contribution < 1.29 is 23.6 Å². The maximum Gasteiger partial charge on any atom is 0.338 e. The van der Waals surface area contributed by atoms with Gasteiger partial charge in [0.2, 0.25) is 0 Å². The van der Waals surface area contributed by atoms with Gasteiger partial charge in [0.15, 0.2) is 0 Å². The molecule has 0 radical (unpaired) electrons. The van der Waals surface area contributed by atoms with Crippen molar-refractivity contribution >= 4 is 23.8 Å². The molecule has 32 heavy (non-hydrogen) atoms. The fourth-order valence-electron chi connectivity index (χ4n) is 3.13. The Morgan fingerprint density at radius 1 is 1.25 bits per heavy atom. The summed E-state index contributed by atoms with van der Waals surface area (Å²) in [4.78, 5) is 37.5. The summed E-state index contributed by atoms with van der Waals surface area (Å²) in [6.07, 6.45) is 2.72. The smallest absolute Gasteiger partial charge is 0.338 e. The minimum atomic E-state index is -0.767. The van der Waals surface area contributed by atoms with Gasteiger partial charge in [-0.2, -0.15) is 5.26 Å². The number of H-pyrrole nitrogens is 1. The Kier molecular flexibility index (Phi) is 6.62. The van der Waals surface area contributed by atoms with Crippen LogP contribution in [0.15, 0.2) is 45.6 Å². The van der Waals surface area contributed by atoms with Crippen LogP contribution in [0.4, 0.5) is 5.69 Å². The van der Waals surface area contributed by atoms with Crippen LogP contribution in [0.1, 0.15) is 32.9 Å². The number of nitriles is 1. The van der Waals surface area contributed by atoms with Crippen molar-refractivity contribution in [3.63, 3.8) is 0 Å². The molecular formula is C22H17N3O7. The Bertz CT molecular complexity index is 1310. The Hall–Kier alpha value is -4.49. The summed E-state index contributed by atoms with van der Waals surface area (Å²) in [5.41, 5.74) is -0.987. The van der Waals surface area contributed by atoms with Crippen LogP contribution in [0.25, 0.3) is 23.5 Å². The number of aromatic amines is 1. The number of hydrogen-bond donors (Lipinski definition) is 1. The standard InChI is InChI=1S/C22H17N3O7/c1-30-12-17-16(11-23)21(26)24-18(20(17)25(28)29)9-7-13-8-10-19(32-13)14-5-3-4-6-15(14)22(27)31-2/h3-10H,12H2,1-2H3,(H,24,26). The molecule has 1 aromatic carbocycles. The lowest BCUT2D eigenvalue weighted by atomic mass is 10.1. The number of carbonyl (C=O) groups excluding carboxylic acids is 1. The first-order valence-electron chi connectivity index (χ1n) is 9.19. The highest BCUT2D eigenvalue weighted by Gasteiger charge is 2.25. The number of aromatic nitrogens is 1. The number of nitrogens with zero attached hydrogens (tertiary/aromatic N) is 2. The molecule has 2 aromatic heterocycles. The van der Waals surface area contributed by atoms with Crippen molar-refractivity contribution in [2.24, 2.45) is 0 Å². The first kappa shape index (κ1) is 22.2. The zero-order valence-electron chi connectivity index (χ0n) is 17.1. The fraction of sp³-hybridized carbons (Fsp3) is 0.136. The Morgan fingerprint density at radius 2 is 2.00 bits per heavy atom. The van der Waals surface area contributed by atoms with Crippen LogP contribution in [-0.2, 0) is 16.1 Å². The van der Waals surface area contributed by atoms with Gasteiger partial charge < -0.3 is 18.9 Å². The second-order valence-electron chi connectivity index (χ2n) is 6.44. The van der Waals surface area contributed by atoms with Crippen molar-refractivity contribution in [3.05, 3.63) is 85.0 Å². The number of methoxy groups -OCH3 is 2. The molecule has 0 saturated carbocycles.